The van der Waals surface area contributed by atoms with E-state index in [-0.39, 0.29) is 23.5 Å². The Bertz CT molecular complexity index is 230. The third-order valence-corrected chi connectivity index (χ3v) is 4.69. The van der Waals surface area contributed by atoms with Gasteiger partial charge in [-0.25, -0.2) is 0 Å². The Hall–Kier alpha value is -0.120. The van der Waals surface area contributed by atoms with E-state index >= 15 is 0 Å². The Kier molecular flexibility index (Phi) is 4.38. The van der Waals surface area contributed by atoms with E-state index < -0.39 is 0 Å². The van der Waals surface area contributed by atoms with Crippen LogP contribution in [0.15, 0.2) is 0 Å². The van der Waals surface area contributed by atoms with Crippen LogP contribution in [0, 0.1) is 11.3 Å². The average Bonchev–Trinajstić information content (AvgIpc) is 2.53. The first-order chi connectivity index (χ1) is 7.38. The van der Waals surface area contributed by atoms with Crippen LogP contribution in [0.5, 0.6) is 0 Å². The molecule has 3 atom stereocenters. The maximum absolute atomic E-state index is 9.19. The van der Waals surface area contributed by atoms with Gasteiger partial charge in [0.2, 0.25) is 0 Å². The number of aliphatic hydroxyl groups excluding tert-OH is 1. The quantitative estimate of drug-likeness (QED) is 0.668. The van der Waals surface area contributed by atoms with Gasteiger partial charge in [0.25, 0.3) is 0 Å². The van der Waals surface area contributed by atoms with Crippen LogP contribution in [-0.2, 0) is 0 Å². The van der Waals surface area contributed by atoms with Crippen molar-refractivity contribution in [1.82, 2.24) is 5.32 Å². The lowest BCUT2D eigenvalue weighted by atomic mass is 9.74. The second-order valence-corrected chi connectivity index (χ2v) is 6.12. The molecule has 0 aromatic carbocycles. The number of rotatable bonds is 5. The van der Waals surface area contributed by atoms with E-state index in [0.29, 0.717) is 12.6 Å². The van der Waals surface area contributed by atoms with Gasteiger partial charge in [-0.3, -0.25) is 0 Å². The highest BCUT2D eigenvalue weighted by Crippen LogP contribution is 2.45. The number of nitrogens with one attached hydrogen (secondary N) is 1. The van der Waals surface area contributed by atoms with Crippen molar-refractivity contribution in [2.24, 2.45) is 17.1 Å². The van der Waals surface area contributed by atoms with E-state index in [2.05, 4.69) is 33.0 Å². The topological polar surface area (TPSA) is 58.3 Å². The summed E-state index contributed by atoms with van der Waals surface area (Å²) in [6.07, 6.45) is 3.63. The molecule has 3 unspecified atom stereocenters. The number of nitrogens with two attached hydrogens (primary N) is 1. The summed E-state index contributed by atoms with van der Waals surface area (Å²) in [7, 11) is 0. The van der Waals surface area contributed by atoms with E-state index in [9.17, 15) is 5.11 Å². The van der Waals surface area contributed by atoms with Gasteiger partial charge in [-0.15, -0.1) is 0 Å². The van der Waals surface area contributed by atoms with E-state index in [4.69, 9.17) is 5.73 Å². The molecule has 0 amide bonds. The summed E-state index contributed by atoms with van der Waals surface area (Å²) in [5.74, 6) is 0.278. The van der Waals surface area contributed by atoms with Crippen molar-refractivity contribution < 1.29 is 5.11 Å². The summed E-state index contributed by atoms with van der Waals surface area (Å²) in [5.41, 5.74) is 6.32. The Morgan fingerprint density at radius 2 is 1.94 bits per heavy atom. The summed E-state index contributed by atoms with van der Waals surface area (Å²) in [6, 6.07) is 0.311. The zero-order chi connectivity index (χ0) is 12.4. The van der Waals surface area contributed by atoms with Gasteiger partial charge in [-0.2, -0.15) is 0 Å². The fraction of sp³-hybridized carbons (Fsp3) is 1.00. The zero-order valence-electron chi connectivity index (χ0n) is 11.2. The second-order valence-electron chi connectivity index (χ2n) is 6.12. The van der Waals surface area contributed by atoms with Crippen molar-refractivity contribution in [2.75, 3.05) is 13.2 Å². The van der Waals surface area contributed by atoms with Gasteiger partial charge in [0.15, 0.2) is 0 Å². The van der Waals surface area contributed by atoms with Gasteiger partial charge in [0.1, 0.15) is 0 Å². The van der Waals surface area contributed by atoms with Crippen molar-refractivity contribution in [1.29, 1.82) is 0 Å². The van der Waals surface area contributed by atoms with Crippen LogP contribution in [0.3, 0.4) is 0 Å². The highest BCUT2D eigenvalue weighted by Gasteiger charge is 2.48. The molecule has 0 radical (unpaired) electrons. The summed E-state index contributed by atoms with van der Waals surface area (Å²) < 4.78 is 0. The summed E-state index contributed by atoms with van der Waals surface area (Å²) in [4.78, 5) is 0. The molecule has 0 saturated heterocycles. The largest absolute Gasteiger partial charge is 0.396 e. The molecule has 3 nitrogen and oxygen atoms in total. The number of aliphatic hydroxyl groups is 1. The van der Waals surface area contributed by atoms with Gasteiger partial charge in [-0.1, -0.05) is 27.2 Å². The molecule has 0 bridgehead atoms. The van der Waals surface area contributed by atoms with E-state index in [1.54, 1.807) is 0 Å². The van der Waals surface area contributed by atoms with Crippen LogP contribution < -0.4 is 11.1 Å². The second kappa shape index (κ2) is 5.03. The van der Waals surface area contributed by atoms with E-state index in [1.807, 2.05) is 0 Å². The maximum atomic E-state index is 9.19. The lowest BCUT2D eigenvalue weighted by molar-refractivity contribution is 0.118. The molecule has 0 aromatic heterocycles. The van der Waals surface area contributed by atoms with Crippen molar-refractivity contribution in [2.45, 2.75) is 58.5 Å². The summed E-state index contributed by atoms with van der Waals surface area (Å²) in [5, 5.41) is 12.9. The fourth-order valence-electron chi connectivity index (χ4n) is 2.85. The van der Waals surface area contributed by atoms with Crippen LogP contribution in [0.4, 0.5) is 0 Å². The normalized spacial score (nSPS) is 32.6. The molecule has 0 aliphatic heterocycles. The lowest BCUT2D eigenvalue weighted by Gasteiger charge is -2.44. The van der Waals surface area contributed by atoms with Crippen molar-refractivity contribution in [3.63, 3.8) is 0 Å². The van der Waals surface area contributed by atoms with Crippen LogP contribution in [0.1, 0.15) is 47.0 Å². The predicted molar refractivity (Wildman–Crippen MR) is 68.3 cm³/mol. The Morgan fingerprint density at radius 3 is 2.31 bits per heavy atom. The Morgan fingerprint density at radius 1 is 1.31 bits per heavy atom. The molecule has 96 valence electrons. The molecular formula is C13H28N2O. The third kappa shape index (κ3) is 2.41. The third-order valence-electron chi connectivity index (χ3n) is 4.69. The Labute approximate surface area is 99.8 Å². The first-order valence-corrected chi connectivity index (χ1v) is 6.47. The summed E-state index contributed by atoms with van der Waals surface area (Å²) in [6.45, 7) is 9.74. The molecule has 1 aliphatic rings. The molecule has 0 aromatic rings. The molecule has 16 heavy (non-hydrogen) atoms. The standard InChI is InChI=1S/C13H28N2O/c1-10(8-16)11(2)15-13(9-14)7-5-6-12(13,3)4/h10-11,15-16H,5-9,14H2,1-4H3. The minimum absolute atomic E-state index is 0.0514. The van der Waals surface area contributed by atoms with Crippen molar-refractivity contribution >= 4 is 0 Å². The molecule has 1 rings (SSSR count). The van der Waals surface area contributed by atoms with Crippen molar-refractivity contribution in [3.05, 3.63) is 0 Å². The van der Waals surface area contributed by atoms with Crippen LogP contribution >= 0.6 is 0 Å². The highest BCUT2D eigenvalue weighted by atomic mass is 16.3. The van der Waals surface area contributed by atoms with Gasteiger partial charge in [0, 0.05) is 24.7 Å². The molecule has 0 heterocycles. The lowest BCUT2D eigenvalue weighted by Crippen LogP contribution is -2.61. The molecule has 1 fully saturated rings. The first-order valence-electron chi connectivity index (χ1n) is 6.47. The van der Waals surface area contributed by atoms with E-state index in [1.165, 1.54) is 12.8 Å². The van der Waals surface area contributed by atoms with Gasteiger partial charge < -0.3 is 16.2 Å². The van der Waals surface area contributed by atoms with Gasteiger partial charge >= 0.3 is 0 Å². The molecule has 3 heteroatoms. The molecule has 1 saturated carbocycles. The first kappa shape index (κ1) is 13.9. The fourth-order valence-corrected chi connectivity index (χ4v) is 2.85. The zero-order valence-corrected chi connectivity index (χ0v) is 11.2. The monoisotopic (exact) mass is 228 g/mol. The minimum Gasteiger partial charge on any atom is -0.396 e. The SMILES string of the molecule is CC(CO)C(C)NC1(CN)CCCC1(C)C. The summed E-state index contributed by atoms with van der Waals surface area (Å²) >= 11 is 0. The smallest absolute Gasteiger partial charge is 0.0471 e. The average molecular weight is 228 g/mol. The van der Waals surface area contributed by atoms with Crippen LogP contribution in [-0.4, -0.2) is 29.8 Å². The van der Waals surface area contributed by atoms with E-state index in [0.717, 1.165) is 6.42 Å². The molecule has 0 spiro atoms. The van der Waals surface area contributed by atoms with Gasteiger partial charge in [-0.05, 0) is 31.1 Å². The van der Waals surface area contributed by atoms with Crippen molar-refractivity contribution in [3.8, 4) is 0 Å². The number of hydrogen-bond acceptors (Lipinski definition) is 3. The maximum Gasteiger partial charge on any atom is 0.0471 e. The van der Waals surface area contributed by atoms with Gasteiger partial charge in [0.05, 0.1) is 0 Å². The number of hydrogen-bond donors (Lipinski definition) is 3. The molecule has 4 N–H and O–H groups in total. The Balaban J connectivity index is 2.74. The molecule has 1 aliphatic carbocycles. The molecular weight excluding hydrogens is 200 g/mol. The van der Waals surface area contributed by atoms with Crippen LogP contribution in [0.25, 0.3) is 0 Å². The predicted octanol–water partition coefficient (Wildman–Crippen LogP) is 1.50. The minimum atomic E-state index is 0.0514. The highest BCUT2D eigenvalue weighted by molar-refractivity contribution is 5.06. The van der Waals surface area contributed by atoms with Crippen LogP contribution in [0.2, 0.25) is 0 Å².